The summed E-state index contributed by atoms with van der Waals surface area (Å²) in [5.74, 6) is 2.60. The fourth-order valence-electron chi connectivity index (χ4n) is 2.85. The Morgan fingerprint density at radius 2 is 2.35 bits per heavy atom. The van der Waals surface area contributed by atoms with Crippen LogP contribution in [0, 0.1) is 0 Å². The molecule has 2 atom stereocenters. The van der Waals surface area contributed by atoms with Gasteiger partial charge in [0.25, 0.3) is 0 Å². The van der Waals surface area contributed by atoms with Gasteiger partial charge in [-0.2, -0.15) is 11.8 Å². The molecule has 3 nitrogen and oxygen atoms in total. The lowest BCUT2D eigenvalue weighted by molar-refractivity contribution is 0.131. The maximum Gasteiger partial charge on any atom is 0.0220 e. The van der Waals surface area contributed by atoms with Crippen molar-refractivity contribution in [1.29, 1.82) is 0 Å². The predicted molar refractivity (Wildman–Crippen MR) is 76.9 cm³/mol. The van der Waals surface area contributed by atoms with Crippen molar-refractivity contribution in [2.75, 3.05) is 51.8 Å². The van der Waals surface area contributed by atoms with Crippen LogP contribution in [-0.2, 0) is 0 Å². The molecule has 100 valence electrons. The molecule has 2 aliphatic heterocycles. The maximum atomic E-state index is 3.63. The van der Waals surface area contributed by atoms with Crippen LogP contribution in [0.3, 0.4) is 0 Å². The molecule has 2 saturated heterocycles. The largest absolute Gasteiger partial charge is 0.312 e. The molecule has 2 fully saturated rings. The van der Waals surface area contributed by atoms with E-state index in [1.165, 1.54) is 56.9 Å². The van der Waals surface area contributed by atoms with Crippen molar-refractivity contribution < 1.29 is 0 Å². The molecular weight excluding hydrogens is 230 g/mol. The van der Waals surface area contributed by atoms with Crippen LogP contribution in [0.5, 0.6) is 0 Å². The zero-order valence-corrected chi connectivity index (χ0v) is 12.1. The minimum atomic E-state index is 0.748. The number of hydrogen-bond acceptors (Lipinski definition) is 4. The number of piperidine rings is 1. The topological polar surface area (TPSA) is 18.5 Å². The predicted octanol–water partition coefficient (Wildman–Crippen LogP) is 1.11. The van der Waals surface area contributed by atoms with E-state index in [2.05, 4.69) is 41.0 Å². The fourth-order valence-corrected chi connectivity index (χ4v) is 3.84. The van der Waals surface area contributed by atoms with Gasteiger partial charge in [-0.1, -0.05) is 0 Å². The van der Waals surface area contributed by atoms with Gasteiger partial charge in [0.05, 0.1) is 0 Å². The third-order valence-electron chi connectivity index (χ3n) is 4.05. The van der Waals surface area contributed by atoms with Crippen molar-refractivity contribution in [2.45, 2.75) is 31.3 Å². The number of rotatable bonds is 4. The van der Waals surface area contributed by atoms with Gasteiger partial charge in [0, 0.05) is 36.7 Å². The molecule has 0 bridgehead atoms. The Hall–Kier alpha value is 0.230. The number of likely N-dealkylation sites (N-methyl/N-ethyl adjacent to an activating group) is 2. The quantitative estimate of drug-likeness (QED) is 0.813. The van der Waals surface area contributed by atoms with Crippen LogP contribution in [0.1, 0.15) is 19.3 Å². The van der Waals surface area contributed by atoms with Crippen molar-refractivity contribution in [3.63, 3.8) is 0 Å². The number of hydrogen-bond donors (Lipinski definition) is 1. The zero-order valence-electron chi connectivity index (χ0n) is 11.3. The SMILES string of the molecule is CN1CCCC(N(C)CCC2CSCCN2)C1. The van der Waals surface area contributed by atoms with Crippen molar-refractivity contribution in [2.24, 2.45) is 0 Å². The molecule has 2 rings (SSSR count). The van der Waals surface area contributed by atoms with E-state index < -0.39 is 0 Å². The lowest BCUT2D eigenvalue weighted by Gasteiger charge is -2.36. The molecule has 0 amide bonds. The Morgan fingerprint density at radius 3 is 3.06 bits per heavy atom. The molecule has 0 saturated carbocycles. The first-order valence-corrected chi connectivity index (χ1v) is 8.11. The van der Waals surface area contributed by atoms with Crippen molar-refractivity contribution in [3.05, 3.63) is 0 Å². The second kappa shape index (κ2) is 6.98. The van der Waals surface area contributed by atoms with Gasteiger partial charge in [0.15, 0.2) is 0 Å². The Labute approximate surface area is 110 Å². The zero-order chi connectivity index (χ0) is 12.1. The normalized spacial score (nSPS) is 31.9. The first-order chi connectivity index (χ1) is 8.25. The summed E-state index contributed by atoms with van der Waals surface area (Å²) in [5.41, 5.74) is 0. The first-order valence-electron chi connectivity index (χ1n) is 6.95. The Bertz CT molecular complexity index is 219. The van der Waals surface area contributed by atoms with Crippen molar-refractivity contribution in [1.82, 2.24) is 15.1 Å². The molecule has 4 heteroatoms. The minimum absolute atomic E-state index is 0.748. The molecular formula is C13H27N3S. The highest BCUT2D eigenvalue weighted by Gasteiger charge is 2.22. The Kier molecular flexibility index (Phi) is 5.60. The maximum absolute atomic E-state index is 3.63. The highest BCUT2D eigenvalue weighted by atomic mass is 32.2. The summed E-state index contributed by atoms with van der Waals surface area (Å²) in [7, 11) is 4.55. The molecule has 1 N–H and O–H groups in total. The number of nitrogens with one attached hydrogen (secondary N) is 1. The highest BCUT2D eigenvalue weighted by molar-refractivity contribution is 7.99. The van der Waals surface area contributed by atoms with Gasteiger partial charge in [0.2, 0.25) is 0 Å². The van der Waals surface area contributed by atoms with E-state index in [1.54, 1.807) is 0 Å². The summed E-state index contributed by atoms with van der Waals surface area (Å²) in [6.07, 6.45) is 4.06. The van der Waals surface area contributed by atoms with Crippen LogP contribution in [-0.4, -0.2) is 73.7 Å². The van der Waals surface area contributed by atoms with Gasteiger partial charge < -0.3 is 15.1 Å². The molecule has 0 spiro atoms. The Morgan fingerprint density at radius 1 is 1.47 bits per heavy atom. The second-order valence-corrected chi connectivity index (χ2v) is 6.70. The van der Waals surface area contributed by atoms with E-state index in [-0.39, 0.29) is 0 Å². The van der Waals surface area contributed by atoms with Crippen LogP contribution in [0.2, 0.25) is 0 Å². The highest BCUT2D eigenvalue weighted by Crippen LogP contribution is 2.15. The standard InChI is InChI=1S/C13H27N3S/c1-15-7-3-4-13(10-15)16(2)8-5-12-11-17-9-6-14-12/h12-14H,3-11H2,1-2H3. The van der Waals surface area contributed by atoms with Crippen LogP contribution in [0.25, 0.3) is 0 Å². The third kappa shape index (κ3) is 4.43. The smallest absolute Gasteiger partial charge is 0.0220 e. The summed E-state index contributed by atoms with van der Waals surface area (Å²) >= 11 is 2.10. The number of thioether (sulfide) groups is 1. The first kappa shape index (κ1) is 13.7. The molecule has 2 heterocycles. The molecule has 2 aliphatic rings. The van der Waals surface area contributed by atoms with Gasteiger partial charge in [-0.3, -0.25) is 0 Å². The van der Waals surface area contributed by atoms with E-state index >= 15 is 0 Å². The fraction of sp³-hybridized carbons (Fsp3) is 1.00. The average Bonchev–Trinajstić information content (AvgIpc) is 2.37. The minimum Gasteiger partial charge on any atom is -0.312 e. The molecule has 2 unspecified atom stereocenters. The second-order valence-electron chi connectivity index (χ2n) is 5.55. The third-order valence-corrected chi connectivity index (χ3v) is 5.18. The van der Waals surface area contributed by atoms with Crippen LogP contribution >= 0.6 is 11.8 Å². The van der Waals surface area contributed by atoms with E-state index in [0.29, 0.717) is 0 Å². The molecule has 0 aliphatic carbocycles. The monoisotopic (exact) mass is 257 g/mol. The van der Waals surface area contributed by atoms with Gasteiger partial charge in [-0.15, -0.1) is 0 Å². The lowest BCUT2D eigenvalue weighted by atomic mass is 10.0. The van der Waals surface area contributed by atoms with Gasteiger partial charge in [-0.25, -0.2) is 0 Å². The summed E-state index contributed by atoms with van der Waals surface area (Å²) in [5, 5.41) is 3.63. The molecule has 0 radical (unpaired) electrons. The summed E-state index contributed by atoms with van der Waals surface area (Å²) in [6, 6.07) is 1.53. The van der Waals surface area contributed by atoms with Crippen LogP contribution in [0.15, 0.2) is 0 Å². The van der Waals surface area contributed by atoms with Crippen molar-refractivity contribution in [3.8, 4) is 0 Å². The number of nitrogens with zero attached hydrogens (tertiary/aromatic N) is 2. The summed E-state index contributed by atoms with van der Waals surface area (Å²) in [4.78, 5) is 5.05. The van der Waals surface area contributed by atoms with E-state index in [9.17, 15) is 0 Å². The summed E-state index contributed by atoms with van der Waals surface area (Å²) < 4.78 is 0. The number of likely N-dealkylation sites (tertiary alicyclic amines) is 1. The van der Waals surface area contributed by atoms with E-state index in [0.717, 1.165) is 12.1 Å². The summed E-state index contributed by atoms with van der Waals surface area (Å²) in [6.45, 7) is 4.98. The van der Waals surface area contributed by atoms with Gasteiger partial charge >= 0.3 is 0 Å². The van der Waals surface area contributed by atoms with E-state index in [1.807, 2.05) is 0 Å². The van der Waals surface area contributed by atoms with Crippen LogP contribution < -0.4 is 5.32 Å². The molecule has 0 aromatic heterocycles. The van der Waals surface area contributed by atoms with Crippen molar-refractivity contribution >= 4 is 11.8 Å². The molecule has 0 aromatic carbocycles. The molecule has 0 aromatic rings. The lowest BCUT2D eigenvalue weighted by Crippen LogP contribution is -2.47. The van der Waals surface area contributed by atoms with Crippen LogP contribution in [0.4, 0.5) is 0 Å². The molecule has 17 heavy (non-hydrogen) atoms. The average molecular weight is 257 g/mol. The van der Waals surface area contributed by atoms with E-state index in [4.69, 9.17) is 0 Å². The Balaban J connectivity index is 1.67. The van der Waals surface area contributed by atoms with Gasteiger partial charge in [-0.05, 0) is 46.4 Å². The van der Waals surface area contributed by atoms with Gasteiger partial charge in [0.1, 0.15) is 0 Å².